The molecule has 0 bridgehead atoms. The third-order valence-electron chi connectivity index (χ3n) is 4.54. The van der Waals surface area contributed by atoms with Gasteiger partial charge in [0.25, 0.3) is 0 Å². The number of nitrogens with one attached hydrogen (secondary N) is 2. The van der Waals surface area contributed by atoms with E-state index in [2.05, 4.69) is 33.7 Å². The third kappa shape index (κ3) is 6.14. The van der Waals surface area contributed by atoms with E-state index in [0.717, 1.165) is 15.8 Å². The molecule has 162 valence electrons. The number of aliphatic hydroxyl groups excluding tert-OH is 1. The zero-order valence-corrected chi connectivity index (χ0v) is 18.5. The van der Waals surface area contributed by atoms with Crippen LogP contribution in [-0.4, -0.2) is 37.9 Å². The second-order valence-corrected chi connectivity index (χ2v) is 7.87. The van der Waals surface area contributed by atoms with Crippen LogP contribution < -0.4 is 20.1 Å². The van der Waals surface area contributed by atoms with Crippen molar-refractivity contribution in [3.8, 4) is 23.8 Å². The van der Waals surface area contributed by atoms with Crippen molar-refractivity contribution in [3.63, 3.8) is 0 Å². The van der Waals surface area contributed by atoms with Crippen LogP contribution in [0, 0.1) is 12.3 Å². The van der Waals surface area contributed by atoms with E-state index in [1.807, 2.05) is 43.3 Å². The van der Waals surface area contributed by atoms with Gasteiger partial charge in [-0.3, -0.25) is 0 Å². The molecule has 6 nitrogen and oxygen atoms in total. The van der Waals surface area contributed by atoms with E-state index in [1.54, 1.807) is 18.4 Å². The number of terminal acetylenes is 1. The van der Waals surface area contributed by atoms with Gasteiger partial charge in [0.2, 0.25) is 0 Å². The van der Waals surface area contributed by atoms with Crippen LogP contribution in [0.5, 0.6) is 11.5 Å². The highest BCUT2D eigenvalue weighted by Gasteiger charge is 2.12. The van der Waals surface area contributed by atoms with Crippen LogP contribution in [0.2, 0.25) is 0 Å². The highest BCUT2D eigenvalue weighted by atomic mass is 32.1. The van der Waals surface area contributed by atoms with Gasteiger partial charge < -0.3 is 25.2 Å². The number of methoxy groups -OCH3 is 1. The highest BCUT2D eigenvalue weighted by molar-refractivity contribution is 7.19. The smallest absolute Gasteiger partial charge is 0.191 e. The molecule has 0 saturated heterocycles. The number of guanidine groups is 1. The molecule has 0 spiro atoms. The van der Waals surface area contributed by atoms with Gasteiger partial charge in [-0.1, -0.05) is 30.2 Å². The quantitative estimate of drug-likeness (QED) is 0.270. The number of benzene rings is 2. The fourth-order valence-corrected chi connectivity index (χ4v) is 4.07. The summed E-state index contributed by atoms with van der Waals surface area (Å²) < 4.78 is 12.0. The van der Waals surface area contributed by atoms with Gasteiger partial charge in [0, 0.05) is 22.7 Å². The van der Waals surface area contributed by atoms with Gasteiger partial charge in [0.05, 0.1) is 13.7 Å². The maximum atomic E-state index is 10.6. The molecule has 0 saturated carbocycles. The first kappa shape index (κ1) is 22.5. The normalized spacial score (nSPS) is 12.3. The van der Waals surface area contributed by atoms with Crippen molar-refractivity contribution in [1.29, 1.82) is 0 Å². The first-order chi connectivity index (χ1) is 15.1. The van der Waals surface area contributed by atoms with Crippen LogP contribution in [-0.2, 0) is 6.54 Å². The molecule has 0 aliphatic carbocycles. The lowest BCUT2D eigenvalue weighted by molar-refractivity contribution is 0.184. The van der Waals surface area contributed by atoms with Crippen molar-refractivity contribution >= 4 is 27.4 Å². The van der Waals surface area contributed by atoms with E-state index in [0.29, 0.717) is 37.1 Å². The van der Waals surface area contributed by atoms with E-state index >= 15 is 0 Å². The Bertz CT molecular complexity index is 1040. The molecule has 0 fully saturated rings. The Balaban J connectivity index is 1.65. The minimum absolute atomic E-state index is 0.170. The van der Waals surface area contributed by atoms with E-state index in [9.17, 15) is 5.11 Å². The number of aliphatic hydroxyl groups is 1. The topological polar surface area (TPSA) is 75.1 Å². The van der Waals surface area contributed by atoms with Crippen LogP contribution >= 0.6 is 11.3 Å². The molecule has 0 aliphatic rings. The number of nitrogens with zero attached hydrogens (tertiary/aromatic N) is 1. The molecule has 1 heterocycles. The van der Waals surface area contributed by atoms with Crippen molar-refractivity contribution < 1.29 is 14.6 Å². The predicted molar refractivity (Wildman–Crippen MR) is 127 cm³/mol. The third-order valence-corrected chi connectivity index (χ3v) is 5.76. The van der Waals surface area contributed by atoms with Crippen LogP contribution in [0.25, 0.3) is 10.1 Å². The Morgan fingerprint density at radius 2 is 2.03 bits per heavy atom. The van der Waals surface area contributed by atoms with Crippen LogP contribution in [0.15, 0.2) is 53.5 Å². The average molecular weight is 438 g/mol. The molecule has 0 radical (unpaired) electrons. The second kappa shape index (κ2) is 11.3. The van der Waals surface area contributed by atoms with E-state index in [-0.39, 0.29) is 6.61 Å². The summed E-state index contributed by atoms with van der Waals surface area (Å²) in [5.74, 6) is 4.30. The van der Waals surface area contributed by atoms with Crippen LogP contribution in [0.4, 0.5) is 0 Å². The summed E-state index contributed by atoms with van der Waals surface area (Å²) in [7, 11) is 1.59. The van der Waals surface area contributed by atoms with Gasteiger partial charge in [0.15, 0.2) is 17.5 Å². The number of thiophene rings is 1. The Labute approximate surface area is 186 Å². The fraction of sp³-hybridized carbons (Fsp3) is 0.292. The molecule has 3 aromatic rings. The van der Waals surface area contributed by atoms with E-state index < -0.39 is 6.10 Å². The predicted octanol–water partition coefficient (Wildman–Crippen LogP) is 3.71. The number of ether oxygens (including phenoxy) is 2. The fourth-order valence-electron chi connectivity index (χ4n) is 3.02. The number of fused-ring (bicyclic) bond motifs is 1. The Hall–Kier alpha value is -3.21. The van der Waals surface area contributed by atoms with Gasteiger partial charge in [-0.25, -0.2) is 4.99 Å². The SMILES string of the molecule is C#CCOc1cc(CN=C(NCC)NCC(O)c2cc3ccccc3s2)ccc1OC. The molecular formula is C24H27N3O3S. The van der Waals surface area contributed by atoms with Crippen molar-refractivity contribution in [2.45, 2.75) is 19.6 Å². The summed E-state index contributed by atoms with van der Waals surface area (Å²) in [4.78, 5) is 5.54. The largest absolute Gasteiger partial charge is 0.493 e. The molecule has 1 aromatic heterocycles. The van der Waals surface area contributed by atoms with Gasteiger partial charge in [0.1, 0.15) is 12.7 Å². The van der Waals surface area contributed by atoms with Crippen LogP contribution in [0.3, 0.4) is 0 Å². The van der Waals surface area contributed by atoms with Gasteiger partial charge in [-0.15, -0.1) is 17.8 Å². The lowest BCUT2D eigenvalue weighted by Gasteiger charge is -2.15. The standard InChI is InChI=1S/C24H27N3O3S/c1-4-12-30-21-13-17(10-11-20(21)29-3)15-26-24(25-5-2)27-16-19(28)23-14-18-8-6-7-9-22(18)31-23/h1,6-11,13-14,19,28H,5,12,15-16H2,2-3H3,(H2,25,26,27). The molecule has 0 amide bonds. The average Bonchev–Trinajstić information content (AvgIpc) is 3.23. The molecule has 0 aliphatic heterocycles. The summed E-state index contributed by atoms with van der Waals surface area (Å²) in [5, 5.41) is 18.2. The second-order valence-electron chi connectivity index (χ2n) is 6.76. The molecule has 2 aromatic carbocycles. The molecular weight excluding hydrogens is 410 g/mol. The molecule has 3 rings (SSSR count). The Morgan fingerprint density at radius 3 is 2.77 bits per heavy atom. The first-order valence-electron chi connectivity index (χ1n) is 10.1. The number of aliphatic imine (C=N–C) groups is 1. The Morgan fingerprint density at radius 1 is 1.19 bits per heavy atom. The zero-order valence-electron chi connectivity index (χ0n) is 17.7. The maximum Gasteiger partial charge on any atom is 0.191 e. The van der Waals surface area contributed by atoms with Crippen LogP contribution in [0.1, 0.15) is 23.5 Å². The number of rotatable bonds is 9. The molecule has 1 unspecified atom stereocenters. The summed E-state index contributed by atoms with van der Waals surface area (Å²) >= 11 is 1.60. The first-order valence-corrected chi connectivity index (χ1v) is 10.9. The molecule has 3 N–H and O–H groups in total. The minimum Gasteiger partial charge on any atom is -0.493 e. The van der Waals surface area contributed by atoms with E-state index in [1.165, 1.54) is 4.70 Å². The van der Waals surface area contributed by atoms with E-state index in [4.69, 9.17) is 15.9 Å². The Kier molecular flexibility index (Phi) is 8.16. The number of hydrogen-bond donors (Lipinski definition) is 3. The van der Waals surface area contributed by atoms with Crippen molar-refractivity contribution in [2.24, 2.45) is 4.99 Å². The summed E-state index contributed by atoms with van der Waals surface area (Å²) in [5.41, 5.74) is 0.954. The summed E-state index contributed by atoms with van der Waals surface area (Å²) in [6.07, 6.45) is 4.67. The molecule has 1 atom stereocenters. The highest BCUT2D eigenvalue weighted by Crippen LogP contribution is 2.30. The van der Waals surface area contributed by atoms with Gasteiger partial charge >= 0.3 is 0 Å². The number of hydrogen-bond acceptors (Lipinski definition) is 5. The lowest BCUT2D eigenvalue weighted by Crippen LogP contribution is -2.39. The molecule has 31 heavy (non-hydrogen) atoms. The van der Waals surface area contributed by atoms with Crippen molar-refractivity contribution in [1.82, 2.24) is 10.6 Å². The van der Waals surface area contributed by atoms with Gasteiger partial charge in [-0.05, 0) is 42.1 Å². The van der Waals surface area contributed by atoms with Crippen molar-refractivity contribution in [2.75, 3.05) is 26.8 Å². The minimum atomic E-state index is -0.619. The zero-order chi connectivity index (χ0) is 22.1. The summed E-state index contributed by atoms with van der Waals surface area (Å²) in [6, 6.07) is 15.8. The maximum absolute atomic E-state index is 10.6. The van der Waals surface area contributed by atoms with Crippen molar-refractivity contribution in [3.05, 3.63) is 59.0 Å². The monoisotopic (exact) mass is 437 g/mol. The lowest BCUT2D eigenvalue weighted by atomic mass is 10.2. The summed E-state index contributed by atoms with van der Waals surface area (Å²) in [6.45, 7) is 3.67. The van der Waals surface area contributed by atoms with Gasteiger partial charge in [-0.2, -0.15) is 0 Å². The molecule has 7 heteroatoms.